The molecule has 1 saturated carbocycles. The van der Waals surface area contributed by atoms with Crippen molar-refractivity contribution in [1.29, 1.82) is 0 Å². The van der Waals surface area contributed by atoms with Crippen LogP contribution in [0.5, 0.6) is 0 Å². The molecule has 3 rings (SSSR count). The van der Waals surface area contributed by atoms with Gasteiger partial charge in [0.2, 0.25) is 5.91 Å². The average molecular weight is 291 g/mol. The van der Waals surface area contributed by atoms with Crippen molar-refractivity contribution < 1.29 is 4.79 Å². The van der Waals surface area contributed by atoms with Crippen LogP contribution in [0.15, 0.2) is 12.7 Å². The molecule has 0 bridgehead atoms. The van der Waals surface area contributed by atoms with Crippen LogP contribution in [0.4, 0.5) is 0 Å². The number of likely N-dealkylation sites (tertiary alicyclic amines) is 1. The molecule has 6 nitrogen and oxygen atoms in total. The van der Waals surface area contributed by atoms with E-state index in [1.165, 1.54) is 6.42 Å². The highest BCUT2D eigenvalue weighted by Gasteiger charge is 2.39. The molecule has 1 aromatic heterocycles. The summed E-state index contributed by atoms with van der Waals surface area (Å²) in [4.78, 5) is 18.8. The van der Waals surface area contributed by atoms with Gasteiger partial charge in [-0.05, 0) is 31.6 Å². The van der Waals surface area contributed by atoms with E-state index < -0.39 is 5.54 Å². The highest BCUT2D eigenvalue weighted by atomic mass is 16.2. The van der Waals surface area contributed by atoms with Crippen LogP contribution in [-0.4, -0.2) is 44.2 Å². The number of carbonyl (C=O) groups excluding carboxylic acids is 1. The lowest BCUT2D eigenvalue weighted by molar-refractivity contribution is -0.140. The fourth-order valence-corrected chi connectivity index (χ4v) is 3.70. The van der Waals surface area contributed by atoms with Gasteiger partial charge in [0.1, 0.15) is 12.7 Å². The number of carbonyl (C=O) groups is 1. The molecule has 2 N–H and O–H groups in total. The van der Waals surface area contributed by atoms with Crippen molar-refractivity contribution in [2.24, 2.45) is 11.7 Å². The fourth-order valence-electron chi connectivity index (χ4n) is 3.70. The average Bonchev–Trinajstić information content (AvgIpc) is 3.00. The van der Waals surface area contributed by atoms with E-state index in [-0.39, 0.29) is 5.91 Å². The SMILES string of the molecule is NC1(C(=O)N2CCC[C@@H](Cn3cncn3)C2)CCCCC1. The van der Waals surface area contributed by atoms with Gasteiger partial charge in [0, 0.05) is 19.6 Å². The monoisotopic (exact) mass is 291 g/mol. The molecule has 1 aromatic rings. The quantitative estimate of drug-likeness (QED) is 0.907. The van der Waals surface area contributed by atoms with E-state index in [1.54, 1.807) is 12.7 Å². The van der Waals surface area contributed by atoms with Crippen LogP contribution in [0.3, 0.4) is 0 Å². The van der Waals surface area contributed by atoms with Crippen LogP contribution < -0.4 is 5.73 Å². The number of amides is 1. The molecule has 0 radical (unpaired) electrons. The molecule has 1 aliphatic heterocycles. The predicted molar refractivity (Wildman–Crippen MR) is 79.3 cm³/mol. The van der Waals surface area contributed by atoms with Gasteiger partial charge in [-0.2, -0.15) is 5.10 Å². The molecule has 1 amide bonds. The number of hydrogen-bond acceptors (Lipinski definition) is 4. The van der Waals surface area contributed by atoms with Gasteiger partial charge in [0.25, 0.3) is 0 Å². The van der Waals surface area contributed by atoms with Gasteiger partial charge in [-0.3, -0.25) is 9.48 Å². The van der Waals surface area contributed by atoms with Crippen LogP contribution in [0, 0.1) is 5.92 Å². The molecule has 2 heterocycles. The zero-order chi connectivity index (χ0) is 14.7. The number of hydrogen-bond donors (Lipinski definition) is 1. The molecular weight excluding hydrogens is 266 g/mol. The van der Waals surface area contributed by atoms with Gasteiger partial charge < -0.3 is 10.6 Å². The van der Waals surface area contributed by atoms with E-state index in [0.717, 1.165) is 58.2 Å². The van der Waals surface area contributed by atoms with E-state index in [0.29, 0.717) is 5.92 Å². The number of piperidine rings is 1. The Balaban J connectivity index is 1.61. The minimum atomic E-state index is -0.604. The maximum Gasteiger partial charge on any atom is 0.242 e. The molecule has 6 heteroatoms. The molecule has 1 atom stereocenters. The Morgan fingerprint density at radius 3 is 2.81 bits per heavy atom. The Bertz CT molecular complexity index is 466. The van der Waals surface area contributed by atoms with Crippen molar-refractivity contribution in [1.82, 2.24) is 19.7 Å². The third kappa shape index (κ3) is 3.26. The Kier molecular flexibility index (Phi) is 4.24. The maximum absolute atomic E-state index is 12.8. The summed E-state index contributed by atoms with van der Waals surface area (Å²) in [6.45, 7) is 2.49. The van der Waals surface area contributed by atoms with Crippen molar-refractivity contribution in [3.05, 3.63) is 12.7 Å². The van der Waals surface area contributed by atoms with Crippen molar-refractivity contribution in [2.75, 3.05) is 13.1 Å². The highest BCUT2D eigenvalue weighted by Crippen LogP contribution is 2.29. The number of aromatic nitrogens is 3. The van der Waals surface area contributed by atoms with E-state index in [2.05, 4.69) is 10.1 Å². The summed E-state index contributed by atoms with van der Waals surface area (Å²) in [5.74, 6) is 0.627. The first-order valence-corrected chi connectivity index (χ1v) is 8.08. The molecule has 1 aliphatic carbocycles. The largest absolute Gasteiger partial charge is 0.341 e. The van der Waals surface area contributed by atoms with Crippen molar-refractivity contribution in [3.63, 3.8) is 0 Å². The summed E-state index contributed by atoms with van der Waals surface area (Å²) in [6.07, 6.45) is 10.6. The Morgan fingerprint density at radius 2 is 2.10 bits per heavy atom. The summed E-state index contributed by atoms with van der Waals surface area (Å²) in [7, 11) is 0. The van der Waals surface area contributed by atoms with E-state index in [1.807, 2.05) is 9.58 Å². The molecule has 116 valence electrons. The molecule has 21 heavy (non-hydrogen) atoms. The lowest BCUT2D eigenvalue weighted by Gasteiger charge is -2.40. The van der Waals surface area contributed by atoms with Gasteiger partial charge in [0.15, 0.2) is 0 Å². The van der Waals surface area contributed by atoms with E-state index in [4.69, 9.17) is 5.73 Å². The maximum atomic E-state index is 12.8. The smallest absolute Gasteiger partial charge is 0.242 e. The molecule has 1 saturated heterocycles. The van der Waals surface area contributed by atoms with Gasteiger partial charge in [-0.15, -0.1) is 0 Å². The van der Waals surface area contributed by atoms with E-state index in [9.17, 15) is 4.79 Å². The topological polar surface area (TPSA) is 77.0 Å². The second-order valence-electron chi connectivity index (χ2n) is 6.59. The predicted octanol–water partition coefficient (Wildman–Crippen LogP) is 1.18. The Labute approximate surface area is 125 Å². The number of nitrogens with zero attached hydrogens (tertiary/aromatic N) is 4. The van der Waals surface area contributed by atoms with Crippen molar-refractivity contribution in [2.45, 2.75) is 57.0 Å². The van der Waals surface area contributed by atoms with Gasteiger partial charge >= 0.3 is 0 Å². The zero-order valence-corrected chi connectivity index (χ0v) is 12.6. The first kappa shape index (κ1) is 14.5. The standard InChI is InChI=1S/C15H25N5O/c16-15(6-2-1-3-7-15)14(21)19-8-4-5-13(9-19)10-20-12-17-11-18-20/h11-13H,1-10,16H2/t13-/m1/s1. The molecule has 0 aromatic carbocycles. The second kappa shape index (κ2) is 6.13. The Morgan fingerprint density at radius 1 is 1.29 bits per heavy atom. The third-order valence-corrected chi connectivity index (χ3v) is 4.89. The molecule has 0 unspecified atom stereocenters. The minimum Gasteiger partial charge on any atom is -0.341 e. The van der Waals surface area contributed by atoms with Crippen LogP contribution in [0.25, 0.3) is 0 Å². The van der Waals surface area contributed by atoms with E-state index >= 15 is 0 Å². The summed E-state index contributed by atoms with van der Waals surface area (Å²) in [5.41, 5.74) is 5.79. The van der Waals surface area contributed by atoms with Gasteiger partial charge in [-0.1, -0.05) is 19.3 Å². The summed E-state index contributed by atoms with van der Waals surface area (Å²) >= 11 is 0. The van der Waals surface area contributed by atoms with Crippen molar-refractivity contribution in [3.8, 4) is 0 Å². The van der Waals surface area contributed by atoms with Gasteiger partial charge in [-0.25, -0.2) is 4.98 Å². The van der Waals surface area contributed by atoms with Gasteiger partial charge in [0.05, 0.1) is 5.54 Å². The summed E-state index contributed by atoms with van der Waals surface area (Å²) in [5, 5.41) is 4.16. The number of rotatable bonds is 3. The van der Waals surface area contributed by atoms with Crippen LogP contribution >= 0.6 is 0 Å². The fraction of sp³-hybridized carbons (Fsp3) is 0.800. The minimum absolute atomic E-state index is 0.172. The van der Waals surface area contributed by atoms with Crippen LogP contribution in [0.2, 0.25) is 0 Å². The lowest BCUT2D eigenvalue weighted by Crippen LogP contribution is -2.58. The van der Waals surface area contributed by atoms with Crippen LogP contribution in [0.1, 0.15) is 44.9 Å². The summed E-state index contributed by atoms with van der Waals surface area (Å²) < 4.78 is 1.86. The highest BCUT2D eigenvalue weighted by molar-refractivity contribution is 5.86. The lowest BCUT2D eigenvalue weighted by atomic mass is 9.81. The van der Waals surface area contributed by atoms with Crippen LogP contribution in [-0.2, 0) is 11.3 Å². The Hall–Kier alpha value is -1.43. The molecule has 2 aliphatic rings. The first-order valence-electron chi connectivity index (χ1n) is 8.08. The summed E-state index contributed by atoms with van der Waals surface area (Å²) in [6, 6.07) is 0. The van der Waals surface area contributed by atoms with Crippen molar-refractivity contribution >= 4 is 5.91 Å². The molecular formula is C15H25N5O. The normalized spacial score (nSPS) is 25.8. The molecule has 2 fully saturated rings. The zero-order valence-electron chi connectivity index (χ0n) is 12.6. The third-order valence-electron chi connectivity index (χ3n) is 4.89. The second-order valence-corrected chi connectivity index (χ2v) is 6.59. The molecule has 0 spiro atoms. The first-order chi connectivity index (χ1) is 10.2. The number of nitrogens with two attached hydrogens (primary N) is 1.